The standard InChI is InChI=1S/C25H30N4OS/c1-4-28-14-16-29(17-15-28)23(21-12-8-9-13-26-21)22-18(2)19(3)31-25(22)27-24(30)20-10-6-5-7-11-20/h5-13,23H,4,14-17H2,1-3H3,(H,27,30)/t23-/m1/s1. The van der Waals surface area contributed by atoms with E-state index in [9.17, 15) is 4.79 Å². The number of nitrogens with one attached hydrogen (secondary N) is 1. The molecule has 0 saturated carbocycles. The highest BCUT2D eigenvalue weighted by Gasteiger charge is 2.32. The second-order valence-corrected chi connectivity index (χ2v) is 9.20. The number of hydrogen-bond donors (Lipinski definition) is 1. The summed E-state index contributed by atoms with van der Waals surface area (Å²) >= 11 is 1.66. The molecule has 4 rings (SSSR count). The third kappa shape index (κ3) is 4.71. The van der Waals surface area contributed by atoms with Crippen molar-refractivity contribution in [3.63, 3.8) is 0 Å². The number of aromatic nitrogens is 1. The predicted octanol–water partition coefficient (Wildman–Crippen LogP) is 4.74. The summed E-state index contributed by atoms with van der Waals surface area (Å²) in [7, 11) is 0. The first-order valence-corrected chi connectivity index (χ1v) is 11.7. The zero-order valence-corrected chi connectivity index (χ0v) is 19.3. The van der Waals surface area contributed by atoms with Crippen molar-refractivity contribution in [3.8, 4) is 0 Å². The van der Waals surface area contributed by atoms with Gasteiger partial charge in [0.05, 0.1) is 11.7 Å². The molecule has 1 N–H and O–H groups in total. The Bertz CT molecular complexity index is 1010. The zero-order valence-electron chi connectivity index (χ0n) is 18.5. The van der Waals surface area contributed by atoms with E-state index in [0.29, 0.717) is 5.56 Å². The van der Waals surface area contributed by atoms with Gasteiger partial charge in [0.15, 0.2) is 0 Å². The Morgan fingerprint density at radius 3 is 2.42 bits per heavy atom. The number of nitrogens with zero attached hydrogens (tertiary/aromatic N) is 3. The number of rotatable bonds is 6. The molecule has 0 spiro atoms. The Labute approximate surface area is 188 Å². The zero-order chi connectivity index (χ0) is 21.8. The SMILES string of the molecule is CCN1CCN([C@H](c2ccccn2)c2c(NC(=O)c3ccccc3)sc(C)c2C)CC1. The molecule has 1 aliphatic heterocycles. The van der Waals surface area contributed by atoms with Crippen molar-refractivity contribution in [2.24, 2.45) is 0 Å². The van der Waals surface area contributed by atoms with Crippen LogP contribution in [0, 0.1) is 13.8 Å². The van der Waals surface area contributed by atoms with Crippen LogP contribution < -0.4 is 5.32 Å². The van der Waals surface area contributed by atoms with Crippen LogP contribution >= 0.6 is 11.3 Å². The van der Waals surface area contributed by atoms with Gasteiger partial charge >= 0.3 is 0 Å². The van der Waals surface area contributed by atoms with Crippen LogP contribution in [0.1, 0.15) is 45.0 Å². The fourth-order valence-corrected chi connectivity index (χ4v) is 5.31. The van der Waals surface area contributed by atoms with Crippen molar-refractivity contribution in [1.29, 1.82) is 0 Å². The summed E-state index contributed by atoms with van der Waals surface area (Å²) in [6.07, 6.45) is 1.86. The van der Waals surface area contributed by atoms with E-state index in [0.717, 1.165) is 43.4 Å². The molecule has 1 aromatic carbocycles. The van der Waals surface area contributed by atoms with E-state index in [-0.39, 0.29) is 11.9 Å². The topological polar surface area (TPSA) is 48.5 Å². The lowest BCUT2D eigenvalue weighted by Gasteiger charge is -2.39. The van der Waals surface area contributed by atoms with Crippen LogP contribution in [0.15, 0.2) is 54.7 Å². The molecule has 0 bridgehead atoms. The van der Waals surface area contributed by atoms with E-state index < -0.39 is 0 Å². The summed E-state index contributed by atoms with van der Waals surface area (Å²) in [6.45, 7) is 11.7. The monoisotopic (exact) mass is 434 g/mol. The van der Waals surface area contributed by atoms with Gasteiger partial charge in [0, 0.05) is 48.4 Å². The molecule has 1 saturated heterocycles. The molecular formula is C25H30N4OS. The highest BCUT2D eigenvalue weighted by atomic mass is 32.1. The molecular weight excluding hydrogens is 404 g/mol. The molecule has 2 aromatic heterocycles. The lowest BCUT2D eigenvalue weighted by atomic mass is 9.97. The van der Waals surface area contributed by atoms with Gasteiger partial charge in [-0.2, -0.15) is 0 Å². The largest absolute Gasteiger partial charge is 0.313 e. The van der Waals surface area contributed by atoms with Gasteiger partial charge in [-0.05, 0) is 50.2 Å². The van der Waals surface area contributed by atoms with E-state index in [2.05, 4.69) is 48.0 Å². The molecule has 1 aliphatic rings. The molecule has 0 unspecified atom stereocenters. The fourth-order valence-electron chi connectivity index (χ4n) is 4.22. The molecule has 3 heterocycles. The van der Waals surface area contributed by atoms with Gasteiger partial charge in [-0.3, -0.25) is 14.7 Å². The normalized spacial score (nSPS) is 16.2. The van der Waals surface area contributed by atoms with Crippen LogP contribution in [0.2, 0.25) is 0 Å². The molecule has 5 nitrogen and oxygen atoms in total. The summed E-state index contributed by atoms with van der Waals surface area (Å²) in [5.74, 6) is -0.0707. The van der Waals surface area contributed by atoms with E-state index in [1.54, 1.807) is 11.3 Å². The van der Waals surface area contributed by atoms with Crippen LogP contribution in [-0.4, -0.2) is 53.4 Å². The van der Waals surface area contributed by atoms with Gasteiger partial charge in [0.1, 0.15) is 5.00 Å². The van der Waals surface area contributed by atoms with Crippen LogP contribution in [0.3, 0.4) is 0 Å². The summed E-state index contributed by atoms with van der Waals surface area (Å²) in [5, 5.41) is 4.14. The molecule has 1 amide bonds. The number of likely N-dealkylation sites (N-methyl/N-ethyl adjacent to an activating group) is 1. The van der Waals surface area contributed by atoms with Crippen LogP contribution in [0.5, 0.6) is 0 Å². The second kappa shape index (κ2) is 9.73. The van der Waals surface area contributed by atoms with Gasteiger partial charge in [0.2, 0.25) is 0 Å². The van der Waals surface area contributed by atoms with Crippen molar-refractivity contribution in [2.75, 3.05) is 38.0 Å². The number of carbonyl (C=O) groups excluding carboxylic acids is 1. The predicted molar refractivity (Wildman–Crippen MR) is 128 cm³/mol. The maximum absolute atomic E-state index is 13.0. The summed E-state index contributed by atoms with van der Waals surface area (Å²) in [4.78, 5) is 23.9. The van der Waals surface area contributed by atoms with E-state index in [1.165, 1.54) is 16.0 Å². The molecule has 1 fully saturated rings. The lowest BCUT2D eigenvalue weighted by molar-refractivity contribution is 0.102. The Hall–Kier alpha value is -2.54. The molecule has 6 heteroatoms. The van der Waals surface area contributed by atoms with Crippen molar-refractivity contribution >= 4 is 22.2 Å². The first-order chi connectivity index (χ1) is 15.1. The third-order valence-corrected chi connectivity index (χ3v) is 7.29. The van der Waals surface area contributed by atoms with Gasteiger partial charge in [-0.1, -0.05) is 31.2 Å². The number of carbonyl (C=O) groups is 1. The molecule has 162 valence electrons. The van der Waals surface area contributed by atoms with Crippen molar-refractivity contribution in [2.45, 2.75) is 26.8 Å². The summed E-state index contributed by atoms with van der Waals surface area (Å²) in [6, 6.07) is 15.5. The van der Waals surface area contributed by atoms with Crippen LogP contribution in [0.25, 0.3) is 0 Å². The number of aryl methyl sites for hydroxylation is 1. The minimum atomic E-state index is -0.0707. The number of benzene rings is 1. The molecule has 31 heavy (non-hydrogen) atoms. The van der Waals surface area contributed by atoms with Crippen LogP contribution in [0.4, 0.5) is 5.00 Å². The number of hydrogen-bond acceptors (Lipinski definition) is 5. The number of pyridine rings is 1. The average molecular weight is 435 g/mol. The van der Waals surface area contributed by atoms with Gasteiger partial charge in [0.25, 0.3) is 5.91 Å². The number of piperazine rings is 1. The molecule has 0 aliphatic carbocycles. The highest BCUT2D eigenvalue weighted by Crippen LogP contribution is 2.42. The maximum Gasteiger partial charge on any atom is 0.256 e. The fraction of sp³-hybridized carbons (Fsp3) is 0.360. The van der Waals surface area contributed by atoms with Gasteiger partial charge in [-0.15, -0.1) is 11.3 Å². The second-order valence-electron chi connectivity index (χ2n) is 7.97. The molecule has 0 radical (unpaired) electrons. The summed E-state index contributed by atoms with van der Waals surface area (Å²) < 4.78 is 0. The molecule has 3 aromatic rings. The smallest absolute Gasteiger partial charge is 0.256 e. The highest BCUT2D eigenvalue weighted by molar-refractivity contribution is 7.16. The first-order valence-electron chi connectivity index (χ1n) is 10.9. The Kier molecular flexibility index (Phi) is 6.80. The Morgan fingerprint density at radius 2 is 1.77 bits per heavy atom. The first kappa shape index (κ1) is 21.7. The molecule has 1 atom stereocenters. The lowest BCUT2D eigenvalue weighted by Crippen LogP contribution is -2.47. The van der Waals surface area contributed by atoms with E-state index in [1.807, 2.05) is 42.6 Å². The summed E-state index contributed by atoms with van der Waals surface area (Å²) in [5.41, 5.74) is 4.11. The quantitative estimate of drug-likeness (QED) is 0.609. The third-order valence-electron chi connectivity index (χ3n) is 6.16. The average Bonchev–Trinajstić information content (AvgIpc) is 3.09. The van der Waals surface area contributed by atoms with Gasteiger partial charge in [-0.25, -0.2) is 0 Å². The van der Waals surface area contributed by atoms with Crippen molar-refractivity contribution < 1.29 is 4.79 Å². The number of amides is 1. The number of anilines is 1. The van der Waals surface area contributed by atoms with E-state index >= 15 is 0 Å². The van der Waals surface area contributed by atoms with Crippen LogP contribution in [-0.2, 0) is 0 Å². The van der Waals surface area contributed by atoms with Gasteiger partial charge < -0.3 is 10.2 Å². The Balaban J connectivity index is 1.72. The van der Waals surface area contributed by atoms with Crippen molar-refractivity contribution in [3.05, 3.63) is 82.0 Å². The minimum absolute atomic E-state index is 0.0243. The minimum Gasteiger partial charge on any atom is -0.313 e. The van der Waals surface area contributed by atoms with E-state index in [4.69, 9.17) is 4.98 Å². The number of thiophene rings is 1. The Morgan fingerprint density at radius 1 is 1.06 bits per heavy atom. The van der Waals surface area contributed by atoms with Crippen molar-refractivity contribution in [1.82, 2.24) is 14.8 Å². The maximum atomic E-state index is 13.0.